The van der Waals surface area contributed by atoms with Crippen molar-refractivity contribution in [2.45, 2.75) is 6.92 Å². The van der Waals surface area contributed by atoms with Crippen LogP contribution in [0.5, 0.6) is 0 Å². The number of carbonyl (C=O) groups is 1. The highest BCUT2D eigenvalue weighted by molar-refractivity contribution is 5.99. The molecule has 0 spiro atoms. The quantitative estimate of drug-likeness (QED) is 0.550. The van der Waals surface area contributed by atoms with Gasteiger partial charge in [0.1, 0.15) is 0 Å². The first kappa shape index (κ1) is 9.58. The van der Waals surface area contributed by atoms with Crippen LogP contribution in [0.1, 0.15) is 16.1 Å². The lowest BCUT2D eigenvalue weighted by atomic mass is 10.1. The number of hydrogen-bond acceptors (Lipinski definition) is 3. The Hall–Kier alpha value is -1.97. The molecule has 15 heavy (non-hydrogen) atoms. The van der Waals surface area contributed by atoms with Crippen molar-refractivity contribution >= 4 is 22.6 Å². The molecule has 1 heterocycles. The van der Waals surface area contributed by atoms with Crippen molar-refractivity contribution in [1.29, 1.82) is 0 Å². The highest BCUT2D eigenvalue weighted by Gasteiger charge is 2.10. The maximum atomic E-state index is 11.3. The van der Waals surface area contributed by atoms with Crippen molar-refractivity contribution in [3.05, 3.63) is 29.5 Å². The number of aromatic nitrogens is 1. The van der Waals surface area contributed by atoms with Gasteiger partial charge in [0.2, 0.25) is 0 Å². The average Bonchev–Trinajstić information content (AvgIpc) is 2.58. The van der Waals surface area contributed by atoms with Gasteiger partial charge in [-0.2, -0.15) is 0 Å². The molecule has 0 amide bonds. The summed E-state index contributed by atoms with van der Waals surface area (Å²) in [5.41, 5.74) is 8.73. The highest BCUT2D eigenvalue weighted by atomic mass is 16.5. The Morgan fingerprint density at radius 3 is 2.80 bits per heavy atom. The number of anilines is 1. The van der Waals surface area contributed by atoms with Crippen LogP contribution in [-0.2, 0) is 4.74 Å². The van der Waals surface area contributed by atoms with Crippen LogP contribution in [0.4, 0.5) is 5.69 Å². The number of nitrogens with one attached hydrogen (secondary N) is 1. The van der Waals surface area contributed by atoms with Gasteiger partial charge in [0.05, 0.1) is 23.9 Å². The molecule has 2 aromatic rings. The van der Waals surface area contributed by atoms with E-state index in [1.165, 1.54) is 7.11 Å². The normalized spacial score (nSPS) is 10.5. The number of hydrogen-bond donors (Lipinski definition) is 2. The summed E-state index contributed by atoms with van der Waals surface area (Å²) in [7, 11) is 1.35. The Labute approximate surface area is 87.0 Å². The predicted octanol–water partition coefficient (Wildman–Crippen LogP) is 1.85. The molecule has 1 aromatic carbocycles. The third-order valence-corrected chi connectivity index (χ3v) is 2.31. The number of benzene rings is 1. The van der Waals surface area contributed by atoms with Crippen molar-refractivity contribution in [2.75, 3.05) is 12.8 Å². The molecule has 4 nitrogen and oxygen atoms in total. The molecular formula is C11H12N2O2. The second-order valence-corrected chi connectivity index (χ2v) is 3.47. The van der Waals surface area contributed by atoms with E-state index in [-0.39, 0.29) is 5.97 Å². The molecule has 0 fully saturated rings. The summed E-state index contributed by atoms with van der Waals surface area (Å²) < 4.78 is 4.64. The molecule has 0 radical (unpaired) electrons. The van der Waals surface area contributed by atoms with E-state index in [4.69, 9.17) is 5.73 Å². The highest BCUT2D eigenvalue weighted by Crippen LogP contribution is 2.23. The molecule has 1 aromatic heterocycles. The number of esters is 1. The van der Waals surface area contributed by atoms with Crippen molar-refractivity contribution < 1.29 is 9.53 Å². The average molecular weight is 204 g/mol. The molecule has 0 atom stereocenters. The zero-order valence-electron chi connectivity index (χ0n) is 8.63. The van der Waals surface area contributed by atoms with Crippen LogP contribution in [0.3, 0.4) is 0 Å². The number of methoxy groups -OCH3 is 1. The summed E-state index contributed by atoms with van der Waals surface area (Å²) in [5, 5.41) is 0.924. The maximum absolute atomic E-state index is 11.3. The lowest BCUT2D eigenvalue weighted by Gasteiger charge is -2.01. The van der Waals surface area contributed by atoms with Crippen molar-refractivity contribution in [3.63, 3.8) is 0 Å². The van der Waals surface area contributed by atoms with E-state index in [9.17, 15) is 4.79 Å². The number of nitrogens with two attached hydrogens (primary N) is 1. The van der Waals surface area contributed by atoms with Gasteiger partial charge in [0, 0.05) is 11.1 Å². The molecule has 2 rings (SSSR count). The van der Waals surface area contributed by atoms with E-state index in [1.54, 1.807) is 12.1 Å². The minimum Gasteiger partial charge on any atom is -0.465 e. The zero-order valence-corrected chi connectivity index (χ0v) is 8.63. The maximum Gasteiger partial charge on any atom is 0.337 e. The molecule has 3 N–H and O–H groups in total. The number of aromatic amines is 1. The monoisotopic (exact) mass is 204 g/mol. The van der Waals surface area contributed by atoms with Crippen LogP contribution >= 0.6 is 0 Å². The summed E-state index contributed by atoms with van der Waals surface area (Å²) in [6.07, 6.45) is 0. The third kappa shape index (κ3) is 1.54. The van der Waals surface area contributed by atoms with Gasteiger partial charge in [0.25, 0.3) is 0 Å². The number of nitrogen functional groups attached to an aromatic ring is 1. The fraction of sp³-hybridized carbons (Fsp3) is 0.182. The fourth-order valence-electron chi connectivity index (χ4n) is 1.65. The lowest BCUT2D eigenvalue weighted by Crippen LogP contribution is -2.02. The molecule has 0 aliphatic rings. The number of carbonyl (C=O) groups excluding carboxylic acids is 1. The number of rotatable bonds is 1. The van der Waals surface area contributed by atoms with Crippen LogP contribution in [0.25, 0.3) is 10.9 Å². The van der Waals surface area contributed by atoms with Gasteiger partial charge < -0.3 is 15.5 Å². The van der Waals surface area contributed by atoms with Gasteiger partial charge in [0.15, 0.2) is 0 Å². The van der Waals surface area contributed by atoms with E-state index in [2.05, 4.69) is 9.72 Å². The summed E-state index contributed by atoms with van der Waals surface area (Å²) in [6, 6.07) is 5.32. The minimum absolute atomic E-state index is 0.373. The number of ether oxygens (including phenoxy) is 1. The second-order valence-electron chi connectivity index (χ2n) is 3.47. The Kier molecular flexibility index (Phi) is 2.11. The van der Waals surface area contributed by atoms with Crippen molar-refractivity contribution in [1.82, 2.24) is 4.98 Å². The predicted molar refractivity (Wildman–Crippen MR) is 58.8 cm³/mol. The Bertz CT molecular complexity index is 529. The first-order chi connectivity index (χ1) is 7.11. The van der Waals surface area contributed by atoms with Crippen LogP contribution in [0.15, 0.2) is 18.2 Å². The largest absolute Gasteiger partial charge is 0.465 e. The molecule has 0 saturated carbocycles. The number of aryl methyl sites for hydroxylation is 1. The van der Waals surface area contributed by atoms with Crippen LogP contribution in [-0.4, -0.2) is 18.1 Å². The molecule has 0 aliphatic heterocycles. The van der Waals surface area contributed by atoms with Gasteiger partial charge in [-0.05, 0) is 25.1 Å². The fourth-order valence-corrected chi connectivity index (χ4v) is 1.65. The van der Waals surface area contributed by atoms with Crippen molar-refractivity contribution in [2.24, 2.45) is 0 Å². The standard InChI is InChI=1S/C11H12N2O2/c1-6-3-7-4-8(11(14)15-2)5-9(12)10(7)13-6/h3-5,13H,12H2,1-2H3. The van der Waals surface area contributed by atoms with Crippen LogP contribution in [0, 0.1) is 6.92 Å². The zero-order chi connectivity index (χ0) is 11.0. The first-order valence-corrected chi connectivity index (χ1v) is 4.59. The SMILES string of the molecule is COC(=O)c1cc(N)c2[nH]c(C)cc2c1. The molecule has 4 heteroatoms. The molecule has 0 aliphatic carbocycles. The Morgan fingerprint density at radius 1 is 1.40 bits per heavy atom. The van der Waals surface area contributed by atoms with Gasteiger partial charge in [-0.15, -0.1) is 0 Å². The van der Waals surface area contributed by atoms with Gasteiger partial charge in [-0.3, -0.25) is 0 Å². The molecule has 0 bridgehead atoms. The third-order valence-electron chi connectivity index (χ3n) is 2.31. The smallest absolute Gasteiger partial charge is 0.337 e. The lowest BCUT2D eigenvalue weighted by molar-refractivity contribution is 0.0601. The summed E-state index contributed by atoms with van der Waals surface area (Å²) in [4.78, 5) is 14.5. The first-order valence-electron chi connectivity index (χ1n) is 4.59. The van der Waals surface area contributed by atoms with Crippen LogP contribution < -0.4 is 5.73 Å². The Morgan fingerprint density at radius 2 is 2.13 bits per heavy atom. The van der Waals surface area contributed by atoms with Gasteiger partial charge in [-0.1, -0.05) is 0 Å². The number of H-pyrrole nitrogens is 1. The molecule has 0 saturated heterocycles. The van der Waals surface area contributed by atoms with E-state index < -0.39 is 0 Å². The van der Waals surface area contributed by atoms with E-state index in [0.29, 0.717) is 11.3 Å². The minimum atomic E-state index is -0.373. The van der Waals surface area contributed by atoms with Gasteiger partial charge in [-0.25, -0.2) is 4.79 Å². The molecule has 78 valence electrons. The summed E-state index contributed by atoms with van der Waals surface area (Å²) >= 11 is 0. The summed E-state index contributed by atoms with van der Waals surface area (Å²) in [5.74, 6) is -0.373. The van der Waals surface area contributed by atoms with Crippen LogP contribution in [0.2, 0.25) is 0 Å². The summed E-state index contributed by atoms with van der Waals surface area (Å²) in [6.45, 7) is 1.94. The topological polar surface area (TPSA) is 68.1 Å². The van der Waals surface area contributed by atoms with E-state index in [1.807, 2.05) is 13.0 Å². The number of fused-ring (bicyclic) bond motifs is 1. The molecule has 0 unspecified atom stereocenters. The molecular weight excluding hydrogens is 192 g/mol. The second kappa shape index (κ2) is 3.31. The van der Waals surface area contributed by atoms with Crippen molar-refractivity contribution in [3.8, 4) is 0 Å². The van der Waals surface area contributed by atoms with Gasteiger partial charge >= 0.3 is 5.97 Å². The van der Waals surface area contributed by atoms with E-state index in [0.717, 1.165) is 16.6 Å². The van der Waals surface area contributed by atoms with E-state index >= 15 is 0 Å². The Balaban J connectivity index is 2.66.